The molecular formula is C17H15FN2O3. The number of benzene rings is 1. The first-order chi connectivity index (χ1) is 11.0. The molecular weight excluding hydrogens is 299 g/mol. The standard InChI is InChI=1S/C17H15FN2O3/c1-20-9-14(16(22)17(20)23)15(21)13-8-19-7-11(13)6-10-2-4-12(18)5-3-10/h2-5,7-8,19,21H,6,9H2,1H3/b15-14-. The Morgan fingerprint density at radius 2 is 1.96 bits per heavy atom. The van der Waals surface area contributed by atoms with Crippen LogP contribution >= 0.6 is 0 Å². The summed E-state index contributed by atoms with van der Waals surface area (Å²) in [5, 5.41) is 10.4. The van der Waals surface area contributed by atoms with Gasteiger partial charge >= 0.3 is 0 Å². The van der Waals surface area contributed by atoms with Gasteiger partial charge in [0.2, 0.25) is 0 Å². The lowest BCUT2D eigenvalue weighted by atomic mass is 10.0. The quantitative estimate of drug-likeness (QED) is 0.517. The van der Waals surface area contributed by atoms with E-state index < -0.39 is 11.7 Å². The van der Waals surface area contributed by atoms with E-state index in [0.717, 1.165) is 11.1 Å². The molecule has 1 aliphatic heterocycles. The topological polar surface area (TPSA) is 73.4 Å². The Balaban J connectivity index is 1.93. The second kappa shape index (κ2) is 5.72. The number of aliphatic hydroxyl groups excluding tert-OH is 1. The van der Waals surface area contributed by atoms with E-state index in [9.17, 15) is 19.1 Å². The van der Waals surface area contributed by atoms with Crippen LogP contribution in [0.3, 0.4) is 0 Å². The lowest BCUT2D eigenvalue weighted by Gasteiger charge is -2.07. The maximum Gasteiger partial charge on any atom is 0.294 e. The summed E-state index contributed by atoms with van der Waals surface area (Å²) < 4.78 is 13.0. The summed E-state index contributed by atoms with van der Waals surface area (Å²) in [6.07, 6.45) is 3.76. The van der Waals surface area contributed by atoms with Crippen LogP contribution < -0.4 is 0 Å². The highest BCUT2D eigenvalue weighted by Gasteiger charge is 2.35. The van der Waals surface area contributed by atoms with E-state index in [2.05, 4.69) is 4.98 Å². The zero-order valence-corrected chi connectivity index (χ0v) is 12.5. The molecule has 0 aliphatic carbocycles. The van der Waals surface area contributed by atoms with Crippen molar-refractivity contribution < 1.29 is 19.1 Å². The van der Waals surface area contributed by atoms with E-state index in [1.54, 1.807) is 24.5 Å². The van der Waals surface area contributed by atoms with Gasteiger partial charge in [0.05, 0.1) is 12.1 Å². The number of likely N-dealkylation sites (tertiary alicyclic amines) is 1. The van der Waals surface area contributed by atoms with Crippen molar-refractivity contribution >= 4 is 17.4 Å². The summed E-state index contributed by atoms with van der Waals surface area (Å²) in [6, 6.07) is 6.06. The Morgan fingerprint density at radius 1 is 1.26 bits per heavy atom. The van der Waals surface area contributed by atoms with Crippen LogP contribution in [-0.2, 0) is 16.0 Å². The summed E-state index contributed by atoms with van der Waals surface area (Å²) >= 11 is 0. The second-order valence-corrected chi connectivity index (χ2v) is 5.51. The maximum atomic E-state index is 13.0. The minimum Gasteiger partial charge on any atom is -0.507 e. The summed E-state index contributed by atoms with van der Waals surface area (Å²) in [5.41, 5.74) is 2.20. The summed E-state index contributed by atoms with van der Waals surface area (Å²) in [7, 11) is 1.51. The SMILES string of the molecule is CN1C/C(=C(/O)c2c[nH]cc2Cc2ccc(F)cc2)C(=O)C1=O. The largest absolute Gasteiger partial charge is 0.507 e. The van der Waals surface area contributed by atoms with Crippen LogP contribution in [0.15, 0.2) is 42.2 Å². The maximum absolute atomic E-state index is 13.0. The third kappa shape index (κ3) is 2.75. The zero-order chi connectivity index (χ0) is 16.6. The predicted octanol–water partition coefficient (Wildman–Crippen LogP) is 2.05. The number of carbonyl (C=O) groups is 2. The molecule has 0 bridgehead atoms. The van der Waals surface area contributed by atoms with E-state index in [4.69, 9.17) is 0 Å². The first kappa shape index (κ1) is 15.0. The molecule has 1 aromatic carbocycles. The fraction of sp³-hybridized carbons (Fsp3) is 0.176. The Bertz CT molecular complexity index is 806. The average molecular weight is 314 g/mol. The number of H-pyrrole nitrogens is 1. The molecule has 0 atom stereocenters. The molecule has 1 amide bonds. The lowest BCUT2D eigenvalue weighted by molar-refractivity contribution is -0.138. The second-order valence-electron chi connectivity index (χ2n) is 5.51. The molecule has 0 unspecified atom stereocenters. The number of Topliss-reactive ketones (excluding diaryl/α,β-unsaturated/α-hetero) is 1. The van der Waals surface area contributed by atoms with Crippen molar-refractivity contribution in [1.82, 2.24) is 9.88 Å². The average Bonchev–Trinajstić information content (AvgIpc) is 3.09. The van der Waals surface area contributed by atoms with Gasteiger partial charge in [0.25, 0.3) is 11.7 Å². The third-order valence-corrected chi connectivity index (χ3v) is 3.89. The summed E-state index contributed by atoms with van der Waals surface area (Å²) in [5.74, 6) is -1.81. The van der Waals surface area contributed by atoms with E-state index in [-0.39, 0.29) is 23.7 Å². The van der Waals surface area contributed by atoms with Crippen molar-refractivity contribution in [1.29, 1.82) is 0 Å². The van der Waals surface area contributed by atoms with Crippen molar-refractivity contribution in [2.75, 3.05) is 13.6 Å². The molecule has 1 aliphatic rings. The van der Waals surface area contributed by atoms with Gasteiger partial charge in [-0.15, -0.1) is 0 Å². The first-order valence-corrected chi connectivity index (χ1v) is 7.09. The van der Waals surface area contributed by atoms with Crippen LogP contribution in [0.4, 0.5) is 4.39 Å². The molecule has 1 fully saturated rings. The van der Waals surface area contributed by atoms with Gasteiger partial charge in [-0.3, -0.25) is 9.59 Å². The van der Waals surface area contributed by atoms with Gasteiger partial charge in [-0.25, -0.2) is 4.39 Å². The Morgan fingerprint density at radius 3 is 2.57 bits per heavy atom. The van der Waals surface area contributed by atoms with E-state index in [1.807, 2.05) is 0 Å². The minimum atomic E-state index is -0.682. The number of ketones is 1. The predicted molar refractivity (Wildman–Crippen MR) is 82.2 cm³/mol. The van der Waals surface area contributed by atoms with Gasteiger partial charge in [0.1, 0.15) is 11.6 Å². The number of nitrogens with one attached hydrogen (secondary N) is 1. The Labute approximate surface area is 132 Å². The van der Waals surface area contributed by atoms with Crippen LogP contribution in [0.5, 0.6) is 0 Å². The smallest absolute Gasteiger partial charge is 0.294 e. The Kier molecular flexibility index (Phi) is 3.73. The molecule has 0 spiro atoms. The molecule has 5 nitrogen and oxygen atoms in total. The Hall–Kier alpha value is -2.89. The molecule has 2 aromatic rings. The van der Waals surface area contributed by atoms with Crippen molar-refractivity contribution in [3.05, 3.63) is 64.7 Å². The molecule has 0 saturated carbocycles. The van der Waals surface area contributed by atoms with Crippen molar-refractivity contribution in [2.24, 2.45) is 0 Å². The highest BCUT2D eigenvalue weighted by Crippen LogP contribution is 2.26. The fourth-order valence-corrected chi connectivity index (χ4v) is 2.61. The molecule has 1 saturated heterocycles. The molecule has 1 aromatic heterocycles. The van der Waals surface area contributed by atoms with Gasteiger partial charge in [-0.1, -0.05) is 12.1 Å². The molecule has 118 valence electrons. The van der Waals surface area contributed by atoms with Crippen LogP contribution in [-0.4, -0.2) is 40.3 Å². The number of nitrogens with zero attached hydrogens (tertiary/aromatic N) is 1. The van der Waals surface area contributed by atoms with E-state index in [0.29, 0.717) is 12.0 Å². The number of aromatic nitrogens is 1. The monoisotopic (exact) mass is 314 g/mol. The number of hydrogen-bond donors (Lipinski definition) is 2. The summed E-state index contributed by atoms with van der Waals surface area (Å²) in [4.78, 5) is 27.6. The van der Waals surface area contributed by atoms with Gasteiger partial charge in [-0.2, -0.15) is 0 Å². The van der Waals surface area contributed by atoms with Gasteiger partial charge in [0, 0.05) is 25.0 Å². The third-order valence-electron chi connectivity index (χ3n) is 3.89. The van der Waals surface area contributed by atoms with Crippen LogP contribution in [0.25, 0.3) is 5.76 Å². The number of amides is 1. The highest BCUT2D eigenvalue weighted by atomic mass is 19.1. The lowest BCUT2D eigenvalue weighted by Crippen LogP contribution is -2.22. The van der Waals surface area contributed by atoms with Crippen molar-refractivity contribution in [2.45, 2.75) is 6.42 Å². The molecule has 23 heavy (non-hydrogen) atoms. The normalized spacial score (nSPS) is 17.0. The zero-order valence-electron chi connectivity index (χ0n) is 12.5. The molecule has 3 rings (SSSR count). The summed E-state index contributed by atoms with van der Waals surface area (Å²) in [6.45, 7) is 0.0880. The minimum absolute atomic E-state index is 0.0880. The molecule has 0 radical (unpaired) electrons. The number of hydrogen-bond acceptors (Lipinski definition) is 3. The molecule has 2 heterocycles. The van der Waals surface area contributed by atoms with Crippen LogP contribution in [0.2, 0.25) is 0 Å². The number of aliphatic hydroxyl groups is 1. The first-order valence-electron chi connectivity index (χ1n) is 7.09. The van der Waals surface area contributed by atoms with E-state index >= 15 is 0 Å². The number of likely N-dealkylation sites (N-methyl/N-ethyl adjacent to an activating group) is 1. The van der Waals surface area contributed by atoms with Gasteiger partial charge < -0.3 is 15.0 Å². The number of carbonyl (C=O) groups excluding carboxylic acids is 2. The fourth-order valence-electron chi connectivity index (χ4n) is 2.61. The van der Waals surface area contributed by atoms with Gasteiger partial charge in [-0.05, 0) is 29.7 Å². The van der Waals surface area contributed by atoms with Crippen molar-refractivity contribution in [3.8, 4) is 0 Å². The number of rotatable bonds is 3. The number of aromatic amines is 1. The van der Waals surface area contributed by atoms with Crippen LogP contribution in [0, 0.1) is 5.82 Å². The highest BCUT2D eigenvalue weighted by molar-refractivity contribution is 6.46. The van der Waals surface area contributed by atoms with Crippen molar-refractivity contribution in [3.63, 3.8) is 0 Å². The number of halogens is 1. The van der Waals surface area contributed by atoms with E-state index in [1.165, 1.54) is 24.1 Å². The molecule has 2 N–H and O–H groups in total. The van der Waals surface area contributed by atoms with Gasteiger partial charge in [0.15, 0.2) is 0 Å². The molecule has 6 heteroatoms. The van der Waals surface area contributed by atoms with Crippen LogP contribution in [0.1, 0.15) is 16.7 Å².